The van der Waals surface area contributed by atoms with Crippen molar-refractivity contribution in [2.24, 2.45) is 10.9 Å². The Morgan fingerprint density at radius 1 is 1.15 bits per heavy atom. The monoisotopic (exact) mass is 500 g/mol. The highest BCUT2D eigenvalue weighted by Gasteiger charge is 2.06. The maximum atomic E-state index is 4.76. The number of aliphatic imine (C=N–C) groups is 1. The number of nitrogens with zero attached hydrogens (tertiary/aromatic N) is 2. The highest BCUT2D eigenvalue weighted by atomic mass is 127. The van der Waals surface area contributed by atoms with Gasteiger partial charge in [0.1, 0.15) is 0 Å². The summed E-state index contributed by atoms with van der Waals surface area (Å²) in [7, 11) is 4.19. The topological polar surface area (TPSA) is 39.7 Å². The maximum Gasteiger partial charge on any atom is 0.191 e. The average Bonchev–Trinajstić information content (AvgIpc) is 3.10. The second-order valence-electron chi connectivity index (χ2n) is 7.02. The van der Waals surface area contributed by atoms with Gasteiger partial charge in [0.25, 0.3) is 0 Å². The van der Waals surface area contributed by atoms with Crippen LogP contribution in [0.3, 0.4) is 0 Å². The zero-order valence-electron chi connectivity index (χ0n) is 16.9. The summed E-state index contributed by atoms with van der Waals surface area (Å²) in [5, 5.41) is 8.98. The SMILES string of the molecule is CCNC(=NCc1cccc(CN(C)C)c1)NCC(C)Cc1cccs1.I. The van der Waals surface area contributed by atoms with Crippen molar-refractivity contribution >= 4 is 41.3 Å². The summed E-state index contributed by atoms with van der Waals surface area (Å²) in [5.41, 5.74) is 2.57. The summed E-state index contributed by atoms with van der Waals surface area (Å²) >= 11 is 1.83. The van der Waals surface area contributed by atoms with E-state index < -0.39 is 0 Å². The first kappa shape index (κ1) is 23.9. The number of nitrogens with one attached hydrogen (secondary N) is 2. The van der Waals surface area contributed by atoms with Crippen molar-refractivity contribution in [3.05, 3.63) is 57.8 Å². The van der Waals surface area contributed by atoms with Crippen molar-refractivity contribution in [3.8, 4) is 0 Å². The Labute approximate surface area is 185 Å². The summed E-state index contributed by atoms with van der Waals surface area (Å²) in [6.45, 7) is 7.81. The molecular weight excluding hydrogens is 467 g/mol. The molecule has 6 heteroatoms. The fourth-order valence-corrected chi connectivity index (χ4v) is 3.69. The van der Waals surface area contributed by atoms with E-state index in [1.165, 1.54) is 16.0 Å². The second-order valence-corrected chi connectivity index (χ2v) is 8.05. The fraction of sp³-hybridized carbons (Fsp3) is 0.476. The van der Waals surface area contributed by atoms with E-state index in [9.17, 15) is 0 Å². The van der Waals surface area contributed by atoms with Gasteiger partial charge in [-0.05, 0) is 55.9 Å². The lowest BCUT2D eigenvalue weighted by atomic mass is 10.1. The molecule has 0 aliphatic carbocycles. The molecule has 1 aromatic heterocycles. The highest BCUT2D eigenvalue weighted by molar-refractivity contribution is 14.0. The Morgan fingerprint density at radius 2 is 1.93 bits per heavy atom. The molecule has 4 nitrogen and oxygen atoms in total. The van der Waals surface area contributed by atoms with Gasteiger partial charge in [0.2, 0.25) is 0 Å². The van der Waals surface area contributed by atoms with Crippen LogP contribution < -0.4 is 10.6 Å². The molecule has 0 bridgehead atoms. The van der Waals surface area contributed by atoms with Crippen molar-refractivity contribution in [2.75, 3.05) is 27.2 Å². The Bertz CT molecular complexity index is 671. The molecular formula is C21H33IN4S. The Balaban J connectivity index is 0.00000364. The highest BCUT2D eigenvalue weighted by Crippen LogP contribution is 2.13. The summed E-state index contributed by atoms with van der Waals surface area (Å²) in [4.78, 5) is 8.38. The Hall–Kier alpha value is -1.12. The van der Waals surface area contributed by atoms with Gasteiger partial charge in [-0.15, -0.1) is 35.3 Å². The van der Waals surface area contributed by atoms with Gasteiger partial charge in [0.05, 0.1) is 6.54 Å². The number of thiophene rings is 1. The number of guanidine groups is 1. The van der Waals surface area contributed by atoms with Crippen LogP contribution in [0.1, 0.15) is 29.9 Å². The second kappa shape index (κ2) is 13.1. The molecule has 1 heterocycles. The number of hydrogen-bond donors (Lipinski definition) is 2. The molecule has 150 valence electrons. The van der Waals surface area contributed by atoms with E-state index in [4.69, 9.17) is 4.99 Å². The van der Waals surface area contributed by atoms with E-state index in [1.54, 1.807) is 0 Å². The van der Waals surface area contributed by atoms with E-state index in [-0.39, 0.29) is 24.0 Å². The van der Waals surface area contributed by atoms with Gasteiger partial charge < -0.3 is 15.5 Å². The summed E-state index contributed by atoms with van der Waals surface area (Å²) < 4.78 is 0. The maximum absolute atomic E-state index is 4.76. The van der Waals surface area contributed by atoms with Crippen molar-refractivity contribution < 1.29 is 0 Å². The summed E-state index contributed by atoms with van der Waals surface area (Å²) in [5.74, 6) is 1.46. The van der Waals surface area contributed by atoms with Crippen molar-refractivity contribution in [1.82, 2.24) is 15.5 Å². The Kier molecular flexibility index (Phi) is 11.6. The first-order valence-corrected chi connectivity index (χ1v) is 10.2. The van der Waals surface area contributed by atoms with Crippen molar-refractivity contribution in [3.63, 3.8) is 0 Å². The zero-order valence-corrected chi connectivity index (χ0v) is 20.0. The quantitative estimate of drug-likeness (QED) is 0.305. The summed E-state index contributed by atoms with van der Waals surface area (Å²) in [6, 6.07) is 13.0. The molecule has 1 aromatic carbocycles. The molecule has 0 radical (unpaired) electrons. The molecule has 1 atom stereocenters. The van der Waals surface area contributed by atoms with Gasteiger partial charge in [-0.2, -0.15) is 0 Å². The minimum Gasteiger partial charge on any atom is -0.357 e. The van der Waals surface area contributed by atoms with Crippen molar-refractivity contribution in [1.29, 1.82) is 0 Å². The van der Waals surface area contributed by atoms with Gasteiger partial charge in [0, 0.05) is 24.5 Å². The lowest BCUT2D eigenvalue weighted by Gasteiger charge is -2.15. The van der Waals surface area contributed by atoms with E-state index in [1.807, 2.05) is 11.3 Å². The van der Waals surface area contributed by atoms with Crippen LogP contribution >= 0.6 is 35.3 Å². The van der Waals surface area contributed by atoms with E-state index in [0.29, 0.717) is 12.5 Å². The van der Waals surface area contributed by atoms with Crippen LogP contribution in [-0.2, 0) is 19.5 Å². The van der Waals surface area contributed by atoms with E-state index in [2.05, 4.69) is 85.3 Å². The minimum atomic E-state index is 0. The largest absolute Gasteiger partial charge is 0.357 e. The third-order valence-electron chi connectivity index (χ3n) is 4.00. The third-order valence-corrected chi connectivity index (χ3v) is 4.90. The molecule has 2 rings (SSSR count). The van der Waals surface area contributed by atoms with Gasteiger partial charge in [-0.1, -0.05) is 37.3 Å². The lowest BCUT2D eigenvalue weighted by molar-refractivity contribution is 0.402. The standard InChI is InChI=1S/C21H32N4S.HI/c1-5-22-21(23-14-17(2)12-20-10-7-11-26-20)24-15-18-8-6-9-19(13-18)16-25(3)4;/h6-11,13,17H,5,12,14-16H2,1-4H3,(H2,22,23,24);1H. The van der Waals surface area contributed by atoms with Crippen LogP contribution in [0, 0.1) is 5.92 Å². The van der Waals surface area contributed by atoms with Gasteiger partial charge in [0.15, 0.2) is 5.96 Å². The van der Waals surface area contributed by atoms with Gasteiger partial charge >= 0.3 is 0 Å². The molecule has 2 N–H and O–H groups in total. The molecule has 0 aliphatic heterocycles. The van der Waals surface area contributed by atoms with Crippen LogP contribution in [-0.4, -0.2) is 38.0 Å². The van der Waals surface area contributed by atoms with E-state index >= 15 is 0 Å². The lowest BCUT2D eigenvalue weighted by Crippen LogP contribution is -2.39. The smallest absolute Gasteiger partial charge is 0.191 e. The van der Waals surface area contributed by atoms with Crippen LogP contribution in [0.15, 0.2) is 46.8 Å². The predicted octanol–water partition coefficient (Wildman–Crippen LogP) is 4.36. The number of hydrogen-bond acceptors (Lipinski definition) is 3. The number of benzene rings is 1. The molecule has 0 amide bonds. The van der Waals surface area contributed by atoms with Crippen LogP contribution in [0.5, 0.6) is 0 Å². The molecule has 1 unspecified atom stereocenters. The minimum absolute atomic E-state index is 0. The van der Waals surface area contributed by atoms with E-state index in [0.717, 1.165) is 32.0 Å². The molecule has 0 saturated heterocycles. The molecule has 27 heavy (non-hydrogen) atoms. The zero-order chi connectivity index (χ0) is 18.8. The van der Waals surface area contributed by atoms with Crippen molar-refractivity contribution in [2.45, 2.75) is 33.4 Å². The molecule has 0 spiro atoms. The van der Waals surface area contributed by atoms with Gasteiger partial charge in [-0.3, -0.25) is 0 Å². The average molecular weight is 500 g/mol. The molecule has 0 aliphatic rings. The summed E-state index contributed by atoms with van der Waals surface area (Å²) in [6.07, 6.45) is 1.11. The number of rotatable bonds is 9. The van der Waals surface area contributed by atoms with Crippen LogP contribution in [0.25, 0.3) is 0 Å². The van der Waals surface area contributed by atoms with Crippen LogP contribution in [0.2, 0.25) is 0 Å². The predicted molar refractivity (Wildman–Crippen MR) is 129 cm³/mol. The normalized spacial score (nSPS) is 12.6. The molecule has 0 fully saturated rings. The number of halogens is 1. The molecule has 0 saturated carbocycles. The Morgan fingerprint density at radius 3 is 2.59 bits per heavy atom. The third kappa shape index (κ3) is 9.58. The molecule has 2 aromatic rings. The van der Waals surface area contributed by atoms with Gasteiger partial charge in [-0.25, -0.2) is 4.99 Å². The fourth-order valence-electron chi connectivity index (χ4n) is 2.82. The first-order valence-electron chi connectivity index (χ1n) is 9.34. The first-order chi connectivity index (χ1) is 12.6. The van der Waals surface area contributed by atoms with Crippen LogP contribution in [0.4, 0.5) is 0 Å².